The first-order chi connectivity index (χ1) is 10.3. The number of carbonyl (C=O) groups is 1. The Labute approximate surface area is 123 Å². The van der Waals surface area contributed by atoms with Crippen LogP contribution < -0.4 is 0 Å². The first kappa shape index (κ1) is 13.8. The number of esters is 1. The van der Waals surface area contributed by atoms with Crippen molar-refractivity contribution in [1.29, 1.82) is 0 Å². The van der Waals surface area contributed by atoms with Crippen molar-refractivity contribution in [2.24, 2.45) is 0 Å². The molecule has 1 fully saturated rings. The fraction of sp³-hybridized carbons (Fsp3) is 0.235. The average Bonchev–Trinajstić information content (AvgIpc) is 3.08. The molecule has 0 atom stereocenters. The molecule has 0 spiro atoms. The summed E-state index contributed by atoms with van der Waals surface area (Å²) in [6.45, 7) is 1.16. The Balaban J connectivity index is 2.11. The third-order valence-electron chi connectivity index (χ3n) is 3.46. The highest BCUT2D eigenvalue weighted by Gasteiger charge is 2.23. The van der Waals surface area contributed by atoms with E-state index in [1.54, 1.807) is 6.07 Å². The predicted molar refractivity (Wildman–Crippen MR) is 77.9 cm³/mol. The third-order valence-corrected chi connectivity index (χ3v) is 3.46. The van der Waals surface area contributed by atoms with Gasteiger partial charge < -0.3 is 14.2 Å². The van der Waals surface area contributed by atoms with Gasteiger partial charge in [-0.15, -0.1) is 0 Å². The van der Waals surface area contributed by atoms with E-state index in [1.807, 2.05) is 42.5 Å². The number of hydrogen-bond acceptors (Lipinski definition) is 4. The number of rotatable bonds is 3. The molecule has 21 heavy (non-hydrogen) atoms. The van der Waals surface area contributed by atoms with Crippen LogP contribution in [0.4, 0.5) is 0 Å². The summed E-state index contributed by atoms with van der Waals surface area (Å²) in [5.41, 5.74) is 3.20. The van der Waals surface area contributed by atoms with Gasteiger partial charge in [-0.3, -0.25) is 0 Å². The van der Waals surface area contributed by atoms with Crippen molar-refractivity contribution in [3.63, 3.8) is 0 Å². The SMILES string of the molecule is COC(=O)c1ccccc1-c1ccccc1C1OCCO1. The van der Waals surface area contributed by atoms with Crippen molar-refractivity contribution in [1.82, 2.24) is 0 Å². The molecule has 0 unspecified atom stereocenters. The Hall–Kier alpha value is -2.17. The Bertz CT molecular complexity index is 645. The van der Waals surface area contributed by atoms with Gasteiger partial charge in [-0.2, -0.15) is 0 Å². The fourth-order valence-corrected chi connectivity index (χ4v) is 2.49. The highest BCUT2D eigenvalue weighted by Crippen LogP contribution is 2.34. The van der Waals surface area contributed by atoms with Crippen LogP contribution in [0.25, 0.3) is 11.1 Å². The first-order valence-electron chi connectivity index (χ1n) is 6.81. The van der Waals surface area contributed by atoms with Gasteiger partial charge in [-0.25, -0.2) is 4.79 Å². The molecule has 0 aromatic heterocycles. The van der Waals surface area contributed by atoms with Crippen molar-refractivity contribution < 1.29 is 19.0 Å². The molecule has 4 heteroatoms. The molecule has 0 bridgehead atoms. The zero-order chi connectivity index (χ0) is 14.7. The van der Waals surface area contributed by atoms with Crippen LogP contribution in [-0.4, -0.2) is 26.3 Å². The van der Waals surface area contributed by atoms with E-state index >= 15 is 0 Å². The normalized spacial score (nSPS) is 15.1. The summed E-state index contributed by atoms with van der Waals surface area (Å²) in [5.74, 6) is -0.353. The molecular weight excluding hydrogens is 268 g/mol. The van der Waals surface area contributed by atoms with E-state index in [0.29, 0.717) is 18.8 Å². The number of ether oxygens (including phenoxy) is 3. The Kier molecular flexibility index (Phi) is 3.99. The Morgan fingerprint density at radius 1 is 1.00 bits per heavy atom. The predicted octanol–water partition coefficient (Wildman–Crippen LogP) is 3.19. The van der Waals surface area contributed by atoms with E-state index in [1.165, 1.54) is 7.11 Å². The zero-order valence-corrected chi connectivity index (χ0v) is 11.7. The summed E-state index contributed by atoms with van der Waals surface area (Å²) < 4.78 is 16.0. The summed E-state index contributed by atoms with van der Waals surface area (Å²) in [6.07, 6.45) is -0.382. The van der Waals surface area contributed by atoms with Crippen LogP contribution in [0.5, 0.6) is 0 Å². The van der Waals surface area contributed by atoms with Crippen molar-refractivity contribution in [2.75, 3.05) is 20.3 Å². The van der Waals surface area contributed by atoms with Crippen LogP contribution in [0, 0.1) is 0 Å². The molecular formula is C17H16O4. The van der Waals surface area contributed by atoms with E-state index < -0.39 is 0 Å². The van der Waals surface area contributed by atoms with Crippen LogP contribution in [0.1, 0.15) is 22.2 Å². The number of benzene rings is 2. The monoisotopic (exact) mass is 284 g/mol. The second-order valence-corrected chi connectivity index (χ2v) is 4.70. The van der Waals surface area contributed by atoms with Gasteiger partial charge in [0.05, 0.1) is 25.9 Å². The molecule has 1 saturated heterocycles. The third kappa shape index (κ3) is 2.68. The number of carbonyl (C=O) groups excluding carboxylic acids is 1. The fourth-order valence-electron chi connectivity index (χ4n) is 2.49. The molecule has 0 saturated carbocycles. The molecule has 3 rings (SSSR count). The van der Waals surface area contributed by atoms with Crippen molar-refractivity contribution in [3.8, 4) is 11.1 Å². The van der Waals surface area contributed by atoms with Crippen LogP contribution in [0.15, 0.2) is 48.5 Å². The van der Waals surface area contributed by atoms with Crippen LogP contribution >= 0.6 is 0 Å². The lowest BCUT2D eigenvalue weighted by Crippen LogP contribution is -2.06. The number of hydrogen-bond donors (Lipinski definition) is 0. The van der Waals surface area contributed by atoms with E-state index in [2.05, 4.69) is 0 Å². The first-order valence-corrected chi connectivity index (χ1v) is 6.81. The van der Waals surface area contributed by atoms with Crippen molar-refractivity contribution in [3.05, 3.63) is 59.7 Å². The van der Waals surface area contributed by atoms with Crippen LogP contribution in [0.3, 0.4) is 0 Å². The highest BCUT2D eigenvalue weighted by atomic mass is 16.7. The minimum absolute atomic E-state index is 0.353. The zero-order valence-electron chi connectivity index (χ0n) is 11.7. The van der Waals surface area contributed by atoms with Crippen molar-refractivity contribution in [2.45, 2.75) is 6.29 Å². The second kappa shape index (κ2) is 6.08. The standard InChI is InChI=1S/C17H16O4/c1-19-16(18)14-8-4-2-6-12(14)13-7-3-5-9-15(13)17-20-10-11-21-17/h2-9,17H,10-11H2,1H3. The lowest BCUT2D eigenvalue weighted by molar-refractivity contribution is -0.0436. The maximum Gasteiger partial charge on any atom is 0.338 e. The summed E-state index contributed by atoms with van der Waals surface area (Å²) in [4.78, 5) is 12.0. The summed E-state index contributed by atoms with van der Waals surface area (Å²) in [7, 11) is 1.38. The molecule has 0 amide bonds. The van der Waals surface area contributed by atoms with Gasteiger partial charge in [0, 0.05) is 5.56 Å². The van der Waals surface area contributed by atoms with Gasteiger partial charge in [0.1, 0.15) is 0 Å². The molecule has 108 valence electrons. The lowest BCUT2D eigenvalue weighted by atomic mass is 9.95. The molecule has 1 aliphatic heterocycles. The van der Waals surface area contributed by atoms with E-state index in [9.17, 15) is 4.79 Å². The van der Waals surface area contributed by atoms with Crippen LogP contribution in [0.2, 0.25) is 0 Å². The van der Waals surface area contributed by atoms with Gasteiger partial charge >= 0.3 is 5.97 Å². The van der Waals surface area contributed by atoms with Crippen LogP contribution in [-0.2, 0) is 14.2 Å². The molecule has 2 aromatic carbocycles. The minimum Gasteiger partial charge on any atom is -0.465 e. The molecule has 1 heterocycles. The van der Waals surface area contributed by atoms with E-state index in [0.717, 1.165) is 16.7 Å². The highest BCUT2D eigenvalue weighted by molar-refractivity contribution is 5.97. The van der Waals surface area contributed by atoms with Gasteiger partial charge in [-0.05, 0) is 17.2 Å². The number of methoxy groups -OCH3 is 1. The van der Waals surface area contributed by atoms with Crippen molar-refractivity contribution >= 4 is 5.97 Å². The summed E-state index contributed by atoms with van der Waals surface area (Å²) in [5, 5.41) is 0. The second-order valence-electron chi connectivity index (χ2n) is 4.70. The minimum atomic E-state index is -0.382. The summed E-state index contributed by atoms with van der Waals surface area (Å²) in [6, 6.07) is 15.2. The lowest BCUT2D eigenvalue weighted by Gasteiger charge is -2.16. The summed E-state index contributed by atoms with van der Waals surface area (Å²) >= 11 is 0. The maximum absolute atomic E-state index is 12.0. The van der Waals surface area contributed by atoms with Gasteiger partial charge in [0.25, 0.3) is 0 Å². The molecule has 4 nitrogen and oxygen atoms in total. The van der Waals surface area contributed by atoms with Gasteiger partial charge in [-0.1, -0.05) is 42.5 Å². The van der Waals surface area contributed by atoms with E-state index in [4.69, 9.17) is 14.2 Å². The van der Waals surface area contributed by atoms with Gasteiger partial charge in [0.15, 0.2) is 6.29 Å². The Morgan fingerprint density at radius 2 is 1.62 bits per heavy atom. The Morgan fingerprint density at radius 3 is 2.33 bits per heavy atom. The van der Waals surface area contributed by atoms with Gasteiger partial charge in [0.2, 0.25) is 0 Å². The smallest absolute Gasteiger partial charge is 0.338 e. The quantitative estimate of drug-likeness (QED) is 0.812. The van der Waals surface area contributed by atoms with E-state index in [-0.39, 0.29) is 12.3 Å². The molecule has 1 aliphatic rings. The molecule has 0 N–H and O–H groups in total. The average molecular weight is 284 g/mol. The topological polar surface area (TPSA) is 44.8 Å². The molecule has 2 aromatic rings. The molecule has 0 radical (unpaired) electrons. The largest absolute Gasteiger partial charge is 0.465 e. The maximum atomic E-state index is 12.0. The molecule has 0 aliphatic carbocycles.